The second-order valence-electron chi connectivity index (χ2n) is 9.19. The maximum absolute atomic E-state index is 13.4. The zero-order valence-electron chi connectivity index (χ0n) is 20.8. The molecule has 3 aromatic rings. The molecule has 1 N–H and O–H groups in total. The number of carboxylic acid groups (broad SMARTS) is 1. The van der Waals surface area contributed by atoms with Crippen LogP contribution in [-0.2, 0) is 15.3 Å². The van der Waals surface area contributed by atoms with Gasteiger partial charge in [0.2, 0.25) is 0 Å². The molecule has 0 spiro atoms. The number of thioether (sulfide) groups is 1. The number of hydrogen-bond acceptors (Lipinski definition) is 9. The fourth-order valence-electron chi connectivity index (χ4n) is 4.98. The number of halogens is 1. The average Bonchev–Trinajstić information content (AvgIpc) is 3.72. The normalized spacial score (nSPS) is 21.2. The van der Waals surface area contributed by atoms with Gasteiger partial charge in [-0.15, -0.1) is 11.3 Å². The number of furan rings is 1. The summed E-state index contributed by atoms with van der Waals surface area (Å²) in [7, 11) is 0. The number of amides is 2. The fourth-order valence-corrected chi connectivity index (χ4v) is 7.19. The summed E-state index contributed by atoms with van der Waals surface area (Å²) in [6, 6.07) is 7.18. The number of aromatic nitrogens is 2. The van der Waals surface area contributed by atoms with Crippen LogP contribution in [0.5, 0.6) is 0 Å². The van der Waals surface area contributed by atoms with Gasteiger partial charge in [-0.1, -0.05) is 30.3 Å². The molecule has 2 saturated heterocycles. The molecule has 39 heavy (non-hydrogen) atoms. The molecule has 5 rings (SSSR count). The van der Waals surface area contributed by atoms with Gasteiger partial charge in [0.25, 0.3) is 0 Å². The Balaban J connectivity index is 1.55. The highest BCUT2D eigenvalue weighted by molar-refractivity contribution is 7.98. The van der Waals surface area contributed by atoms with Crippen LogP contribution in [0.2, 0.25) is 4.34 Å². The van der Waals surface area contributed by atoms with Crippen LogP contribution >= 0.6 is 34.7 Å². The highest BCUT2D eigenvalue weighted by Gasteiger charge is 2.50. The first-order valence-corrected chi connectivity index (χ1v) is 14.3. The summed E-state index contributed by atoms with van der Waals surface area (Å²) in [6.45, 7) is 3.47. The van der Waals surface area contributed by atoms with Crippen molar-refractivity contribution in [3.05, 3.63) is 56.8 Å². The molecule has 14 heteroatoms. The summed E-state index contributed by atoms with van der Waals surface area (Å²) < 4.78 is 12.3. The summed E-state index contributed by atoms with van der Waals surface area (Å²) in [5.74, 6) is -2.53. The Kier molecular flexibility index (Phi) is 7.99. The summed E-state index contributed by atoms with van der Waals surface area (Å²) in [5, 5.41) is 25.3. The van der Waals surface area contributed by atoms with Gasteiger partial charge in [-0.05, 0) is 30.2 Å². The van der Waals surface area contributed by atoms with E-state index >= 15 is 0 Å². The molecule has 0 aromatic carbocycles. The van der Waals surface area contributed by atoms with Crippen LogP contribution in [0.25, 0.3) is 0 Å². The molecule has 5 heterocycles. The van der Waals surface area contributed by atoms with E-state index in [0.29, 0.717) is 36.4 Å². The Bertz CT molecular complexity index is 1420. The van der Waals surface area contributed by atoms with E-state index in [1.807, 2.05) is 13.0 Å². The van der Waals surface area contributed by atoms with Gasteiger partial charge in [0.1, 0.15) is 22.7 Å². The van der Waals surface area contributed by atoms with Crippen LogP contribution in [0.1, 0.15) is 39.5 Å². The van der Waals surface area contributed by atoms with Crippen LogP contribution in [0.4, 0.5) is 4.79 Å². The van der Waals surface area contributed by atoms with Crippen molar-refractivity contribution >= 4 is 52.6 Å². The van der Waals surface area contributed by atoms with Gasteiger partial charge in [-0.2, -0.15) is 15.0 Å². The Labute approximate surface area is 236 Å². The topological polar surface area (TPSA) is 142 Å². The minimum absolute atomic E-state index is 0.0212. The number of urea groups is 1. The number of morpholine rings is 1. The second kappa shape index (κ2) is 11.4. The zero-order valence-corrected chi connectivity index (χ0v) is 23.2. The molecule has 2 aliphatic rings. The van der Waals surface area contributed by atoms with Crippen molar-refractivity contribution in [2.24, 2.45) is 5.92 Å². The number of carbonyl (C=O) groups is 3. The standard InChI is InChI=1S/C25H24ClN5O6S2/c1-14-12-30(25(35)29-6-9-36-10-7-29)21(24(33)34)19(14)20-16(11-27)23(38-13-15-4-5-18(26)39-15)31(28-20)22(32)17-3-2-8-37-17/h2-5,8,14,19,21H,6-7,9-10,12-13H2,1H3,(H,33,34). The summed E-state index contributed by atoms with van der Waals surface area (Å²) in [6.07, 6.45) is 1.36. The fraction of sp³-hybridized carbons (Fsp3) is 0.400. The number of rotatable bonds is 6. The number of likely N-dealkylation sites (tertiary alicyclic amines) is 1. The van der Waals surface area contributed by atoms with E-state index in [2.05, 4.69) is 11.2 Å². The van der Waals surface area contributed by atoms with E-state index in [4.69, 9.17) is 20.8 Å². The first-order chi connectivity index (χ1) is 18.8. The minimum atomic E-state index is -1.27. The summed E-state index contributed by atoms with van der Waals surface area (Å²) in [5.41, 5.74) is 0.271. The molecule has 0 saturated carbocycles. The van der Waals surface area contributed by atoms with Crippen molar-refractivity contribution in [1.29, 1.82) is 5.26 Å². The SMILES string of the molecule is CC1CN(C(=O)N2CCOCC2)C(C(=O)O)C1c1nn(C(=O)c2ccco2)c(SCc2ccc(Cl)s2)c1C#N. The molecule has 11 nitrogen and oxygen atoms in total. The monoisotopic (exact) mass is 589 g/mol. The van der Waals surface area contributed by atoms with Crippen LogP contribution in [0, 0.1) is 17.2 Å². The highest BCUT2D eigenvalue weighted by atomic mass is 35.5. The Morgan fingerprint density at radius 1 is 1.28 bits per heavy atom. The van der Waals surface area contributed by atoms with Gasteiger partial charge in [0, 0.05) is 36.2 Å². The average molecular weight is 590 g/mol. The predicted molar refractivity (Wildman–Crippen MR) is 142 cm³/mol. The number of carboxylic acids is 1. The number of carbonyl (C=O) groups excluding carboxylic acids is 2. The lowest BCUT2D eigenvalue weighted by atomic mass is 9.87. The maximum atomic E-state index is 13.4. The number of ether oxygens (including phenoxy) is 1. The molecule has 0 radical (unpaired) electrons. The van der Waals surface area contributed by atoms with Crippen LogP contribution in [0.3, 0.4) is 0 Å². The van der Waals surface area contributed by atoms with Crippen molar-refractivity contribution in [2.45, 2.75) is 29.7 Å². The van der Waals surface area contributed by atoms with E-state index in [1.165, 1.54) is 40.3 Å². The third-order valence-electron chi connectivity index (χ3n) is 6.76. The van der Waals surface area contributed by atoms with Gasteiger partial charge in [0.15, 0.2) is 5.76 Å². The largest absolute Gasteiger partial charge is 0.480 e. The van der Waals surface area contributed by atoms with Crippen LogP contribution in [0.15, 0.2) is 40.0 Å². The summed E-state index contributed by atoms with van der Waals surface area (Å²) in [4.78, 5) is 43.2. The van der Waals surface area contributed by atoms with E-state index in [9.17, 15) is 24.8 Å². The number of hydrogen-bond donors (Lipinski definition) is 1. The smallest absolute Gasteiger partial charge is 0.327 e. The number of nitrogens with zero attached hydrogens (tertiary/aromatic N) is 5. The quantitative estimate of drug-likeness (QED) is 0.422. The lowest BCUT2D eigenvalue weighted by Gasteiger charge is -2.33. The molecule has 2 aliphatic heterocycles. The number of thiophene rings is 1. The Hall–Kier alpha value is -3.31. The van der Waals surface area contributed by atoms with Crippen LogP contribution < -0.4 is 0 Å². The molecular weight excluding hydrogens is 566 g/mol. The van der Waals surface area contributed by atoms with E-state index in [1.54, 1.807) is 17.0 Å². The number of nitriles is 1. The molecule has 0 bridgehead atoms. The Morgan fingerprint density at radius 2 is 2.05 bits per heavy atom. The predicted octanol–water partition coefficient (Wildman–Crippen LogP) is 3.98. The highest BCUT2D eigenvalue weighted by Crippen LogP contribution is 2.42. The third-order valence-corrected chi connectivity index (χ3v) is 9.28. The van der Waals surface area contributed by atoms with Crippen molar-refractivity contribution < 1.29 is 28.6 Å². The molecule has 2 amide bonds. The zero-order chi connectivity index (χ0) is 27.7. The van der Waals surface area contributed by atoms with Crippen molar-refractivity contribution in [3.63, 3.8) is 0 Å². The van der Waals surface area contributed by atoms with Crippen molar-refractivity contribution in [1.82, 2.24) is 19.6 Å². The van der Waals surface area contributed by atoms with Crippen molar-refractivity contribution in [2.75, 3.05) is 32.8 Å². The van der Waals surface area contributed by atoms with Gasteiger partial charge in [0.05, 0.1) is 29.5 Å². The lowest BCUT2D eigenvalue weighted by molar-refractivity contribution is -0.142. The maximum Gasteiger partial charge on any atom is 0.327 e. The van der Waals surface area contributed by atoms with Crippen LogP contribution in [-0.4, -0.2) is 81.5 Å². The van der Waals surface area contributed by atoms with E-state index in [0.717, 1.165) is 9.56 Å². The number of aliphatic carboxylic acids is 1. The van der Waals surface area contributed by atoms with Gasteiger partial charge in [-0.25, -0.2) is 9.59 Å². The summed E-state index contributed by atoms with van der Waals surface area (Å²) >= 11 is 8.68. The molecule has 3 unspecified atom stereocenters. The van der Waals surface area contributed by atoms with Gasteiger partial charge in [-0.3, -0.25) is 4.79 Å². The molecule has 3 aromatic heterocycles. The van der Waals surface area contributed by atoms with E-state index < -0.39 is 29.9 Å². The van der Waals surface area contributed by atoms with Gasteiger partial charge >= 0.3 is 17.9 Å². The molecule has 0 aliphatic carbocycles. The van der Waals surface area contributed by atoms with Crippen molar-refractivity contribution in [3.8, 4) is 6.07 Å². The minimum Gasteiger partial charge on any atom is -0.480 e. The first kappa shape index (κ1) is 27.3. The van der Waals surface area contributed by atoms with E-state index in [-0.39, 0.29) is 34.5 Å². The first-order valence-electron chi connectivity index (χ1n) is 12.1. The second-order valence-corrected chi connectivity index (χ2v) is 12.0. The van der Waals surface area contributed by atoms with Gasteiger partial charge < -0.3 is 24.1 Å². The molecule has 3 atom stereocenters. The Morgan fingerprint density at radius 3 is 2.67 bits per heavy atom. The third kappa shape index (κ3) is 5.29. The molecule has 2 fully saturated rings. The molecular formula is C25H24ClN5O6S2. The molecule has 204 valence electrons. The lowest BCUT2D eigenvalue weighted by Crippen LogP contribution is -2.52.